The van der Waals surface area contributed by atoms with Gasteiger partial charge in [-0.15, -0.1) is 5.10 Å². The van der Waals surface area contributed by atoms with Crippen molar-refractivity contribution in [3.8, 4) is 5.75 Å². The summed E-state index contributed by atoms with van der Waals surface area (Å²) in [6.45, 7) is 0.843. The zero-order valence-electron chi connectivity index (χ0n) is 13.3. The maximum atomic E-state index is 12.3. The summed E-state index contributed by atoms with van der Waals surface area (Å²) in [5.41, 5.74) is 6.06. The lowest BCUT2D eigenvalue weighted by molar-refractivity contribution is 0.0693. The van der Waals surface area contributed by atoms with Crippen molar-refractivity contribution >= 4 is 18.9 Å². The zero-order chi connectivity index (χ0) is 18.0. The van der Waals surface area contributed by atoms with E-state index in [1.54, 1.807) is 12.1 Å². The number of benzene rings is 1. The van der Waals surface area contributed by atoms with Crippen LogP contribution in [0.25, 0.3) is 0 Å². The van der Waals surface area contributed by atoms with Crippen molar-refractivity contribution in [2.75, 3.05) is 6.54 Å². The molecule has 0 saturated carbocycles. The fourth-order valence-electron chi connectivity index (χ4n) is 2.82. The number of aromatic nitrogens is 3. The Morgan fingerprint density at radius 1 is 1.44 bits per heavy atom. The molecule has 25 heavy (non-hydrogen) atoms. The van der Waals surface area contributed by atoms with Gasteiger partial charge < -0.3 is 20.5 Å². The minimum Gasteiger partial charge on any atom is -0.535 e. The monoisotopic (exact) mass is 344 g/mol. The normalized spacial score (nSPS) is 16.2. The number of nitrogens with zero attached hydrogens (tertiary/aromatic N) is 3. The largest absolute Gasteiger partial charge is 0.535 e. The molecule has 2 heterocycles. The Labute approximate surface area is 143 Å². The molecule has 0 unspecified atom stereocenters. The number of hydrogen-bond donors (Lipinski definition) is 3. The number of aromatic carboxylic acids is 1. The predicted molar refractivity (Wildman–Crippen MR) is 87.5 cm³/mol. The van der Waals surface area contributed by atoms with Crippen LogP contribution in [0, 0.1) is 0 Å². The number of carboxylic acids is 1. The van der Waals surface area contributed by atoms with Gasteiger partial charge in [0.1, 0.15) is 12.1 Å². The highest BCUT2D eigenvalue weighted by atomic mass is 16.5. The quantitative estimate of drug-likeness (QED) is 0.491. The third-order valence-corrected chi connectivity index (χ3v) is 4.04. The molecule has 1 atom stereocenters. The van der Waals surface area contributed by atoms with Crippen molar-refractivity contribution < 1.29 is 24.4 Å². The fraction of sp³-hybridized carbons (Fsp3) is 0.333. The van der Waals surface area contributed by atoms with Crippen LogP contribution < -0.4 is 10.4 Å². The van der Waals surface area contributed by atoms with E-state index in [2.05, 4.69) is 10.1 Å². The van der Waals surface area contributed by atoms with Gasteiger partial charge in [0.05, 0.1) is 12.1 Å². The molecule has 0 amide bonds. The number of para-hydroxylation sites is 1. The fourth-order valence-corrected chi connectivity index (χ4v) is 2.82. The molecule has 2 aromatic rings. The maximum absolute atomic E-state index is 12.3. The van der Waals surface area contributed by atoms with Crippen molar-refractivity contribution in [3.63, 3.8) is 0 Å². The van der Waals surface area contributed by atoms with Crippen molar-refractivity contribution in [2.45, 2.75) is 25.2 Å². The lowest BCUT2D eigenvalue weighted by Crippen LogP contribution is -2.36. The number of ketones is 1. The predicted octanol–water partition coefficient (Wildman–Crippen LogP) is -0.00640. The van der Waals surface area contributed by atoms with E-state index in [-0.39, 0.29) is 29.3 Å². The molecule has 9 nitrogen and oxygen atoms in total. The van der Waals surface area contributed by atoms with Gasteiger partial charge in [0.25, 0.3) is 0 Å². The molecule has 0 saturated heterocycles. The van der Waals surface area contributed by atoms with E-state index in [1.165, 1.54) is 17.1 Å². The topological polar surface area (TPSA) is 141 Å². The SMILES string of the molecule is NCCn1cnc(C(=O)C[C@H]2Cc3cccc(C(=O)O)c3OB2O)n1. The second kappa shape index (κ2) is 7.03. The van der Waals surface area contributed by atoms with E-state index in [4.69, 9.17) is 10.4 Å². The highest BCUT2D eigenvalue weighted by Crippen LogP contribution is 2.36. The van der Waals surface area contributed by atoms with Gasteiger partial charge in [-0.3, -0.25) is 9.48 Å². The standard InChI is InChI=1S/C15H17BN4O5/c17-4-5-20-8-18-14(19-20)12(21)7-10-6-9-2-1-3-11(15(22)23)13(9)25-16(10)24/h1-3,8,10,24H,4-7,17H2,(H,22,23)/t10-/m1/s1. The number of rotatable bonds is 6. The van der Waals surface area contributed by atoms with Gasteiger partial charge in [-0.25, -0.2) is 9.78 Å². The Kier molecular flexibility index (Phi) is 4.82. The van der Waals surface area contributed by atoms with Crippen LogP contribution in [0.1, 0.15) is 33.0 Å². The summed E-state index contributed by atoms with van der Waals surface area (Å²) in [4.78, 5) is 27.5. The van der Waals surface area contributed by atoms with Crippen molar-refractivity contribution in [1.82, 2.24) is 14.8 Å². The first-order chi connectivity index (χ1) is 12.0. The summed E-state index contributed by atoms with van der Waals surface area (Å²) in [6, 6.07) is 4.74. The Morgan fingerprint density at radius 3 is 2.96 bits per heavy atom. The van der Waals surface area contributed by atoms with Crippen LogP contribution in [0.5, 0.6) is 5.75 Å². The lowest BCUT2D eigenvalue weighted by atomic mass is 9.64. The van der Waals surface area contributed by atoms with Crippen LogP contribution in [0.3, 0.4) is 0 Å². The van der Waals surface area contributed by atoms with E-state index in [0.29, 0.717) is 25.1 Å². The van der Waals surface area contributed by atoms with Crippen molar-refractivity contribution in [2.24, 2.45) is 5.73 Å². The second-order valence-corrected chi connectivity index (χ2v) is 5.82. The molecular weight excluding hydrogens is 327 g/mol. The van der Waals surface area contributed by atoms with Crippen LogP contribution in [0.4, 0.5) is 0 Å². The molecule has 130 valence electrons. The van der Waals surface area contributed by atoms with Crippen LogP contribution in [-0.2, 0) is 13.0 Å². The van der Waals surface area contributed by atoms with Gasteiger partial charge >= 0.3 is 13.1 Å². The third kappa shape index (κ3) is 3.54. The molecule has 3 rings (SSSR count). The average Bonchev–Trinajstić information content (AvgIpc) is 3.04. The Hall–Kier alpha value is -2.72. The van der Waals surface area contributed by atoms with E-state index in [1.807, 2.05) is 0 Å². The van der Waals surface area contributed by atoms with Crippen LogP contribution in [0.15, 0.2) is 24.5 Å². The summed E-state index contributed by atoms with van der Waals surface area (Å²) in [6.07, 6.45) is 1.75. The number of carbonyl (C=O) groups excluding carboxylic acids is 1. The molecule has 1 aromatic heterocycles. The first-order valence-corrected chi connectivity index (χ1v) is 7.82. The number of hydrogen-bond acceptors (Lipinski definition) is 7. The first-order valence-electron chi connectivity index (χ1n) is 7.82. The molecule has 0 aliphatic carbocycles. The van der Waals surface area contributed by atoms with Gasteiger partial charge in [-0.05, 0) is 18.1 Å². The number of carbonyl (C=O) groups is 2. The Balaban J connectivity index is 1.74. The highest BCUT2D eigenvalue weighted by molar-refractivity contribution is 6.47. The Bertz CT molecular complexity index is 809. The highest BCUT2D eigenvalue weighted by Gasteiger charge is 2.38. The molecule has 0 bridgehead atoms. The van der Waals surface area contributed by atoms with Gasteiger partial charge in [0.2, 0.25) is 11.6 Å². The summed E-state index contributed by atoms with van der Waals surface area (Å²) < 4.78 is 6.86. The minimum atomic E-state index is -1.27. The van der Waals surface area contributed by atoms with Crippen molar-refractivity contribution in [1.29, 1.82) is 0 Å². The number of Topliss-reactive ketones (excluding diaryl/α,β-unsaturated/α-hetero) is 1. The van der Waals surface area contributed by atoms with E-state index >= 15 is 0 Å². The first kappa shape index (κ1) is 17.1. The molecule has 10 heteroatoms. The van der Waals surface area contributed by atoms with Gasteiger partial charge in [0, 0.05) is 18.8 Å². The summed E-state index contributed by atoms with van der Waals surface area (Å²) >= 11 is 0. The molecule has 1 aromatic carbocycles. The molecule has 1 aliphatic heterocycles. The van der Waals surface area contributed by atoms with Gasteiger partial charge in [0.15, 0.2) is 0 Å². The number of nitrogens with two attached hydrogens (primary N) is 1. The lowest BCUT2D eigenvalue weighted by Gasteiger charge is -2.27. The van der Waals surface area contributed by atoms with Gasteiger partial charge in [-0.1, -0.05) is 12.1 Å². The number of fused-ring (bicyclic) bond motifs is 1. The third-order valence-electron chi connectivity index (χ3n) is 4.04. The summed E-state index contributed by atoms with van der Waals surface area (Å²) in [5.74, 6) is -1.75. The molecular formula is C15H17BN4O5. The average molecular weight is 344 g/mol. The number of carboxylic acid groups (broad SMARTS) is 1. The Morgan fingerprint density at radius 2 is 2.24 bits per heavy atom. The second-order valence-electron chi connectivity index (χ2n) is 5.82. The molecule has 0 radical (unpaired) electrons. The molecule has 0 spiro atoms. The summed E-state index contributed by atoms with van der Waals surface area (Å²) in [5, 5.41) is 23.4. The van der Waals surface area contributed by atoms with Crippen LogP contribution in [0.2, 0.25) is 5.82 Å². The van der Waals surface area contributed by atoms with E-state index in [0.717, 1.165) is 0 Å². The van der Waals surface area contributed by atoms with E-state index < -0.39 is 18.9 Å². The molecule has 0 fully saturated rings. The smallest absolute Gasteiger partial charge is 0.526 e. The minimum absolute atomic E-state index is 0.00938. The van der Waals surface area contributed by atoms with Gasteiger partial charge in [-0.2, -0.15) is 0 Å². The summed E-state index contributed by atoms with van der Waals surface area (Å²) in [7, 11) is -1.27. The van der Waals surface area contributed by atoms with Crippen molar-refractivity contribution in [3.05, 3.63) is 41.5 Å². The van der Waals surface area contributed by atoms with Crippen LogP contribution >= 0.6 is 0 Å². The van der Waals surface area contributed by atoms with E-state index in [9.17, 15) is 19.7 Å². The van der Waals surface area contributed by atoms with Crippen LogP contribution in [-0.4, -0.2) is 50.3 Å². The molecule has 1 aliphatic rings. The molecule has 4 N–H and O–H groups in total. The maximum Gasteiger partial charge on any atom is 0.526 e. The zero-order valence-corrected chi connectivity index (χ0v) is 13.3.